The molecule has 0 saturated carbocycles. The minimum absolute atomic E-state index is 0.110. The smallest absolute Gasteiger partial charge is 0.197 e. The van der Waals surface area contributed by atoms with E-state index in [1.165, 1.54) is 12.3 Å². The van der Waals surface area contributed by atoms with Crippen LogP contribution >= 0.6 is 0 Å². The molecule has 2 aromatic carbocycles. The fraction of sp³-hybridized carbons (Fsp3) is 0. The van der Waals surface area contributed by atoms with Gasteiger partial charge in [-0.1, -0.05) is 18.2 Å². The minimum Gasteiger partial charge on any atom is -0.288 e. The van der Waals surface area contributed by atoms with Crippen LogP contribution < -0.4 is 0 Å². The molecule has 104 valence electrons. The molecule has 0 fully saturated rings. The Labute approximate surface area is 117 Å². The highest BCUT2D eigenvalue weighted by Gasteiger charge is 2.20. The van der Waals surface area contributed by atoms with Crippen LogP contribution in [0.2, 0.25) is 0 Å². The maximum Gasteiger partial charge on any atom is 0.197 e. The maximum atomic E-state index is 13.7. The zero-order valence-corrected chi connectivity index (χ0v) is 10.6. The fourth-order valence-electron chi connectivity index (χ4n) is 2.05. The zero-order chi connectivity index (χ0) is 15.0. The van der Waals surface area contributed by atoms with Crippen molar-refractivity contribution in [3.05, 3.63) is 77.2 Å². The summed E-state index contributed by atoms with van der Waals surface area (Å²) in [5, 5.41) is 0.700. The van der Waals surface area contributed by atoms with E-state index in [-0.39, 0.29) is 5.56 Å². The predicted octanol–water partition coefficient (Wildman–Crippen LogP) is 3.88. The Morgan fingerprint density at radius 3 is 2.52 bits per heavy atom. The van der Waals surface area contributed by atoms with Gasteiger partial charge >= 0.3 is 0 Å². The molecule has 5 heteroatoms. The standard InChI is InChI=1S/C16H8F3NO/c17-12-6-5-11(14(18)15(12)19)16(21)10-7-9-3-1-2-4-13(9)20-8-10/h1-8H. The number of pyridine rings is 1. The van der Waals surface area contributed by atoms with Crippen LogP contribution in [-0.4, -0.2) is 10.8 Å². The van der Waals surface area contributed by atoms with Gasteiger partial charge in [0.25, 0.3) is 0 Å². The van der Waals surface area contributed by atoms with Crippen LogP contribution in [-0.2, 0) is 0 Å². The second-order valence-corrected chi connectivity index (χ2v) is 4.47. The van der Waals surface area contributed by atoms with E-state index in [2.05, 4.69) is 4.98 Å². The van der Waals surface area contributed by atoms with E-state index in [4.69, 9.17) is 0 Å². The topological polar surface area (TPSA) is 30.0 Å². The number of ketones is 1. The van der Waals surface area contributed by atoms with Gasteiger partial charge in [0.15, 0.2) is 23.2 Å². The lowest BCUT2D eigenvalue weighted by Gasteiger charge is -2.05. The lowest BCUT2D eigenvalue weighted by atomic mass is 10.0. The van der Waals surface area contributed by atoms with Crippen LogP contribution in [0.4, 0.5) is 13.2 Å². The number of fused-ring (bicyclic) bond motifs is 1. The largest absolute Gasteiger partial charge is 0.288 e. The summed E-state index contributed by atoms with van der Waals surface area (Å²) in [5.41, 5.74) is 0.268. The van der Waals surface area contributed by atoms with E-state index < -0.39 is 28.8 Å². The lowest BCUT2D eigenvalue weighted by molar-refractivity contribution is 0.103. The second kappa shape index (κ2) is 5.01. The fourth-order valence-corrected chi connectivity index (χ4v) is 2.05. The number of aromatic nitrogens is 1. The van der Waals surface area contributed by atoms with E-state index >= 15 is 0 Å². The number of rotatable bonds is 2. The Morgan fingerprint density at radius 1 is 0.952 bits per heavy atom. The SMILES string of the molecule is O=C(c1cnc2ccccc2c1)c1ccc(F)c(F)c1F. The second-order valence-electron chi connectivity index (χ2n) is 4.47. The van der Waals surface area contributed by atoms with Gasteiger partial charge in [-0.05, 0) is 24.3 Å². The molecule has 0 amide bonds. The summed E-state index contributed by atoms with van der Waals surface area (Å²) < 4.78 is 39.8. The number of hydrogen-bond acceptors (Lipinski definition) is 2. The Kier molecular flexibility index (Phi) is 3.17. The molecule has 21 heavy (non-hydrogen) atoms. The zero-order valence-electron chi connectivity index (χ0n) is 10.6. The number of nitrogens with zero attached hydrogens (tertiary/aromatic N) is 1. The minimum atomic E-state index is -1.66. The Balaban J connectivity index is 2.10. The van der Waals surface area contributed by atoms with Crippen molar-refractivity contribution >= 4 is 16.7 Å². The molecule has 0 spiro atoms. The molecular weight excluding hydrogens is 279 g/mol. The molecular formula is C16H8F3NO. The number of hydrogen-bond donors (Lipinski definition) is 0. The molecule has 0 aliphatic heterocycles. The van der Waals surface area contributed by atoms with Crippen LogP contribution in [0.1, 0.15) is 15.9 Å². The van der Waals surface area contributed by atoms with Gasteiger partial charge in [0.1, 0.15) is 0 Å². The van der Waals surface area contributed by atoms with Gasteiger partial charge in [0.2, 0.25) is 0 Å². The van der Waals surface area contributed by atoms with Gasteiger partial charge in [-0.3, -0.25) is 9.78 Å². The Bertz CT molecular complexity index is 861. The van der Waals surface area contributed by atoms with Crippen LogP contribution in [0.25, 0.3) is 10.9 Å². The van der Waals surface area contributed by atoms with Crippen molar-refractivity contribution in [1.29, 1.82) is 0 Å². The summed E-state index contributed by atoms with van der Waals surface area (Å²) in [6.07, 6.45) is 1.28. The number of benzene rings is 2. The van der Waals surface area contributed by atoms with Crippen molar-refractivity contribution in [3.63, 3.8) is 0 Å². The molecule has 3 aromatic rings. The number of para-hydroxylation sites is 1. The molecule has 0 atom stereocenters. The van der Waals surface area contributed by atoms with Crippen LogP contribution in [0.3, 0.4) is 0 Å². The lowest BCUT2D eigenvalue weighted by Crippen LogP contribution is -2.07. The van der Waals surface area contributed by atoms with E-state index in [1.54, 1.807) is 24.3 Å². The maximum absolute atomic E-state index is 13.7. The Hall–Kier alpha value is -2.69. The van der Waals surface area contributed by atoms with Gasteiger partial charge in [0, 0.05) is 17.1 Å². The summed E-state index contributed by atoms with van der Waals surface area (Å²) in [4.78, 5) is 16.3. The summed E-state index contributed by atoms with van der Waals surface area (Å²) in [7, 11) is 0. The van der Waals surface area contributed by atoms with E-state index in [9.17, 15) is 18.0 Å². The summed E-state index contributed by atoms with van der Waals surface area (Å²) >= 11 is 0. The predicted molar refractivity (Wildman–Crippen MR) is 71.5 cm³/mol. The van der Waals surface area contributed by atoms with E-state index in [0.29, 0.717) is 10.9 Å². The summed E-state index contributed by atoms with van der Waals surface area (Å²) in [5.74, 6) is -5.23. The molecule has 0 aliphatic carbocycles. The number of carbonyl (C=O) groups excluding carboxylic acids is 1. The van der Waals surface area contributed by atoms with Crippen LogP contribution in [0, 0.1) is 17.5 Å². The first-order valence-corrected chi connectivity index (χ1v) is 6.11. The van der Waals surface area contributed by atoms with Crippen molar-refractivity contribution in [2.24, 2.45) is 0 Å². The molecule has 1 aromatic heterocycles. The average molecular weight is 287 g/mol. The quantitative estimate of drug-likeness (QED) is 0.529. The van der Waals surface area contributed by atoms with Crippen molar-refractivity contribution in [1.82, 2.24) is 4.98 Å². The molecule has 3 rings (SSSR count). The molecule has 1 heterocycles. The first kappa shape index (κ1) is 13.3. The molecule has 2 nitrogen and oxygen atoms in total. The molecule has 0 unspecified atom stereocenters. The Morgan fingerprint density at radius 2 is 1.71 bits per heavy atom. The van der Waals surface area contributed by atoms with Gasteiger partial charge in [-0.25, -0.2) is 13.2 Å². The van der Waals surface area contributed by atoms with E-state index in [0.717, 1.165) is 12.1 Å². The van der Waals surface area contributed by atoms with Gasteiger partial charge < -0.3 is 0 Å². The summed E-state index contributed by atoms with van der Waals surface area (Å²) in [6.45, 7) is 0. The number of halogens is 3. The molecule has 0 radical (unpaired) electrons. The van der Waals surface area contributed by atoms with Crippen molar-refractivity contribution < 1.29 is 18.0 Å². The van der Waals surface area contributed by atoms with Gasteiger partial charge in [-0.15, -0.1) is 0 Å². The monoisotopic (exact) mass is 287 g/mol. The third-order valence-corrected chi connectivity index (χ3v) is 3.13. The van der Waals surface area contributed by atoms with Crippen molar-refractivity contribution in [3.8, 4) is 0 Å². The number of carbonyl (C=O) groups is 1. The third kappa shape index (κ3) is 2.27. The normalized spacial score (nSPS) is 10.8. The highest BCUT2D eigenvalue weighted by molar-refractivity contribution is 6.10. The first-order valence-electron chi connectivity index (χ1n) is 6.11. The average Bonchev–Trinajstić information content (AvgIpc) is 2.52. The van der Waals surface area contributed by atoms with Crippen molar-refractivity contribution in [2.75, 3.05) is 0 Å². The van der Waals surface area contributed by atoms with Gasteiger partial charge in [-0.2, -0.15) is 0 Å². The van der Waals surface area contributed by atoms with E-state index in [1.807, 2.05) is 0 Å². The first-order chi connectivity index (χ1) is 10.1. The molecule has 0 N–H and O–H groups in total. The summed E-state index contributed by atoms with van der Waals surface area (Å²) in [6, 6.07) is 10.3. The van der Waals surface area contributed by atoms with Crippen LogP contribution in [0.5, 0.6) is 0 Å². The van der Waals surface area contributed by atoms with Crippen LogP contribution in [0.15, 0.2) is 48.7 Å². The molecule has 0 aliphatic rings. The highest BCUT2D eigenvalue weighted by atomic mass is 19.2. The van der Waals surface area contributed by atoms with Gasteiger partial charge in [0.05, 0.1) is 11.1 Å². The highest BCUT2D eigenvalue weighted by Crippen LogP contribution is 2.20. The molecule has 0 bridgehead atoms. The third-order valence-electron chi connectivity index (χ3n) is 3.13. The molecule has 0 saturated heterocycles. The van der Waals surface area contributed by atoms with Crippen molar-refractivity contribution in [2.45, 2.75) is 0 Å².